The Balaban J connectivity index is 1.82. The van der Waals surface area contributed by atoms with Crippen molar-refractivity contribution in [3.05, 3.63) is 53.6 Å². The molecule has 29 heavy (non-hydrogen) atoms. The normalized spacial score (nSPS) is 11.2. The fourth-order valence-corrected chi connectivity index (χ4v) is 2.84. The maximum atomic E-state index is 12.0. The molecule has 158 valence electrons. The van der Waals surface area contributed by atoms with Crippen LogP contribution < -0.4 is 19.5 Å². The van der Waals surface area contributed by atoms with Gasteiger partial charge in [-0.2, -0.15) is 0 Å². The van der Waals surface area contributed by atoms with Gasteiger partial charge < -0.3 is 19.5 Å². The summed E-state index contributed by atoms with van der Waals surface area (Å²) in [6, 6.07) is 12.3. The fourth-order valence-electron chi connectivity index (χ4n) is 2.46. The predicted molar refractivity (Wildman–Crippen MR) is 110 cm³/mol. The quantitative estimate of drug-likeness (QED) is 0.627. The zero-order chi connectivity index (χ0) is 21.4. The highest BCUT2D eigenvalue weighted by Crippen LogP contribution is 2.27. The molecule has 0 bridgehead atoms. The van der Waals surface area contributed by atoms with Crippen molar-refractivity contribution >= 4 is 15.9 Å². The summed E-state index contributed by atoms with van der Waals surface area (Å²) in [5, 5.41) is 2.78. The molecule has 2 aromatic rings. The number of carbonyl (C=O) groups is 1. The average molecular weight is 423 g/mol. The molecule has 0 atom stereocenters. The monoisotopic (exact) mass is 422 g/mol. The number of nitrogens with zero attached hydrogens (tertiary/aromatic N) is 1. The van der Waals surface area contributed by atoms with Crippen LogP contribution in [0.15, 0.2) is 42.5 Å². The van der Waals surface area contributed by atoms with Crippen molar-refractivity contribution in [1.29, 1.82) is 0 Å². The number of rotatable bonds is 10. The molecule has 0 aromatic heterocycles. The minimum atomic E-state index is -3.24. The summed E-state index contributed by atoms with van der Waals surface area (Å²) in [7, 11) is 1.40. The SMILES string of the molecule is COc1ccc(CNC(=O)COc2ccc(CN(C)S(C)(=O)=O)cc2)cc1OC. The zero-order valence-corrected chi connectivity index (χ0v) is 17.8. The van der Waals surface area contributed by atoms with E-state index in [9.17, 15) is 13.2 Å². The summed E-state index contributed by atoms with van der Waals surface area (Å²) in [6.45, 7) is 0.472. The van der Waals surface area contributed by atoms with E-state index >= 15 is 0 Å². The fraction of sp³-hybridized carbons (Fsp3) is 0.350. The predicted octanol–water partition coefficient (Wildman–Crippen LogP) is 1.79. The molecule has 9 heteroatoms. The molecule has 0 saturated carbocycles. The summed E-state index contributed by atoms with van der Waals surface area (Å²) in [4.78, 5) is 12.0. The molecule has 0 aliphatic carbocycles. The maximum Gasteiger partial charge on any atom is 0.258 e. The van der Waals surface area contributed by atoms with Crippen LogP contribution in [0.2, 0.25) is 0 Å². The molecular weight excluding hydrogens is 396 g/mol. The van der Waals surface area contributed by atoms with E-state index in [0.29, 0.717) is 23.8 Å². The highest BCUT2D eigenvalue weighted by Gasteiger charge is 2.11. The Morgan fingerprint density at radius 1 is 1.00 bits per heavy atom. The van der Waals surface area contributed by atoms with Crippen molar-refractivity contribution in [3.8, 4) is 17.2 Å². The molecule has 0 aliphatic heterocycles. The topological polar surface area (TPSA) is 94.2 Å². The smallest absolute Gasteiger partial charge is 0.258 e. The van der Waals surface area contributed by atoms with Crippen LogP contribution in [-0.4, -0.2) is 52.8 Å². The Labute approximate surface area is 171 Å². The molecule has 0 spiro atoms. The molecule has 0 unspecified atom stereocenters. The van der Waals surface area contributed by atoms with Crippen LogP contribution in [-0.2, 0) is 27.9 Å². The van der Waals surface area contributed by atoms with E-state index in [1.807, 2.05) is 6.07 Å². The van der Waals surface area contributed by atoms with Gasteiger partial charge in [-0.1, -0.05) is 18.2 Å². The summed E-state index contributed by atoms with van der Waals surface area (Å²) in [5.74, 6) is 1.48. The first-order valence-corrected chi connectivity index (χ1v) is 10.7. The second kappa shape index (κ2) is 10.1. The molecule has 2 rings (SSSR count). The van der Waals surface area contributed by atoms with Gasteiger partial charge in [0.25, 0.3) is 5.91 Å². The van der Waals surface area contributed by atoms with Gasteiger partial charge in [0.1, 0.15) is 5.75 Å². The highest BCUT2D eigenvalue weighted by atomic mass is 32.2. The number of carbonyl (C=O) groups excluding carboxylic acids is 1. The number of ether oxygens (including phenoxy) is 3. The van der Waals surface area contributed by atoms with Crippen molar-refractivity contribution < 1.29 is 27.4 Å². The number of sulfonamides is 1. The van der Waals surface area contributed by atoms with E-state index in [2.05, 4.69) is 5.32 Å². The van der Waals surface area contributed by atoms with Gasteiger partial charge in [-0.25, -0.2) is 12.7 Å². The second-order valence-corrected chi connectivity index (χ2v) is 8.51. The third kappa shape index (κ3) is 6.95. The lowest BCUT2D eigenvalue weighted by Gasteiger charge is -2.14. The minimum Gasteiger partial charge on any atom is -0.493 e. The number of hydrogen-bond acceptors (Lipinski definition) is 6. The van der Waals surface area contributed by atoms with Crippen LogP contribution >= 0.6 is 0 Å². The summed E-state index contributed by atoms with van der Waals surface area (Å²) in [6.07, 6.45) is 1.16. The third-order valence-corrected chi connectivity index (χ3v) is 5.46. The van der Waals surface area contributed by atoms with Gasteiger partial charge in [-0.15, -0.1) is 0 Å². The zero-order valence-electron chi connectivity index (χ0n) is 17.0. The summed E-state index contributed by atoms with van der Waals surface area (Å²) >= 11 is 0. The van der Waals surface area contributed by atoms with Gasteiger partial charge in [0, 0.05) is 20.1 Å². The molecule has 1 N–H and O–H groups in total. The standard InChI is InChI=1S/C20H26N2O6S/c1-22(29(4,24)25)13-15-5-8-17(9-6-15)28-14-20(23)21-12-16-7-10-18(26-2)19(11-16)27-3/h5-11H,12-14H2,1-4H3,(H,21,23). The van der Waals surface area contributed by atoms with Crippen molar-refractivity contribution in [2.45, 2.75) is 13.1 Å². The molecule has 0 aliphatic rings. The lowest BCUT2D eigenvalue weighted by Crippen LogP contribution is -2.28. The van der Waals surface area contributed by atoms with Gasteiger partial charge >= 0.3 is 0 Å². The molecule has 0 radical (unpaired) electrons. The number of methoxy groups -OCH3 is 2. The number of nitrogens with one attached hydrogen (secondary N) is 1. The molecule has 0 saturated heterocycles. The third-order valence-electron chi connectivity index (χ3n) is 4.20. The molecule has 0 fully saturated rings. The van der Waals surface area contributed by atoms with Gasteiger partial charge in [0.05, 0.1) is 20.5 Å². The van der Waals surface area contributed by atoms with E-state index in [0.717, 1.165) is 17.4 Å². The van der Waals surface area contributed by atoms with Gasteiger partial charge in [-0.3, -0.25) is 4.79 Å². The lowest BCUT2D eigenvalue weighted by molar-refractivity contribution is -0.123. The van der Waals surface area contributed by atoms with Crippen LogP contribution in [0, 0.1) is 0 Å². The van der Waals surface area contributed by atoms with Crippen LogP contribution in [0.4, 0.5) is 0 Å². The Bertz CT molecular complexity index is 928. The van der Waals surface area contributed by atoms with E-state index < -0.39 is 10.0 Å². The first-order valence-electron chi connectivity index (χ1n) is 8.83. The lowest BCUT2D eigenvalue weighted by atomic mass is 10.2. The van der Waals surface area contributed by atoms with Crippen LogP contribution in [0.1, 0.15) is 11.1 Å². The second-order valence-electron chi connectivity index (χ2n) is 6.42. The van der Waals surface area contributed by atoms with Gasteiger partial charge in [-0.05, 0) is 35.4 Å². The first kappa shape index (κ1) is 22.5. The minimum absolute atomic E-state index is 0.129. The maximum absolute atomic E-state index is 12.0. The molecule has 0 heterocycles. The van der Waals surface area contributed by atoms with Crippen molar-refractivity contribution in [1.82, 2.24) is 9.62 Å². The van der Waals surface area contributed by atoms with E-state index in [4.69, 9.17) is 14.2 Å². The Morgan fingerprint density at radius 2 is 1.62 bits per heavy atom. The van der Waals surface area contributed by atoms with E-state index in [1.54, 1.807) is 50.6 Å². The first-order chi connectivity index (χ1) is 13.7. The van der Waals surface area contributed by atoms with Crippen molar-refractivity contribution in [3.63, 3.8) is 0 Å². The molecule has 2 aromatic carbocycles. The van der Waals surface area contributed by atoms with E-state index in [-0.39, 0.29) is 19.1 Å². The average Bonchev–Trinajstić information content (AvgIpc) is 2.70. The van der Waals surface area contributed by atoms with E-state index in [1.165, 1.54) is 11.4 Å². The Kier molecular flexibility index (Phi) is 7.86. The number of amides is 1. The number of benzene rings is 2. The van der Waals surface area contributed by atoms with Crippen LogP contribution in [0.25, 0.3) is 0 Å². The summed E-state index contributed by atoms with van der Waals surface area (Å²) < 4.78 is 40.1. The molecule has 1 amide bonds. The molecular formula is C20H26N2O6S. The van der Waals surface area contributed by atoms with Gasteiger partial charge in [0.15, 0.2) is 18.1 Å². The van der Waals surface area contributed by atoms with Crippen molar-refractivity contribution in [2.75, 3.05) is 34.1 Å². The van der Waals surface area contributed by atoms with Crippen LogP contribution in [0.3, 0.4) is 0 Å². The van der Waals surface area contributed by atoms with Gasteiger partial charge in [0.2, 0.25) is 10.0 Å². The molecule has 8 nitrogen and oxygen atoms in total. The Hall–Kier alpha value is -2.78. The highest BCUT2D eigenvalue weighted by molar-refractivity contribution is 7.88. The van der Waals surface area contributed by atoms with Crippen molar-refractivity contribution in [2.24, 2.45) is 0 Å². The number of hydrogen-bond donors (Lipinski definition) is 1. The largest absolute Gasteiger partial charge is 0.493 e. The van der Waals surface area contributed by atoms with Crippen LogP contribution in [0.5, 0.6) is 17.2 Å². The Morgan fingerprint density at radius 3 is 2.21 bits per heavy atom. The summed E-state index contributed by atoms with van der Waals surface area (Å²) in [5.41, 5.74) is 1.69.